The highest BCUT2D eigenvalue weighted by Crippen LogP contribution is 2.37. The summed E-state index contributed by atoms with van der Waals surface area (Å²) in [6, 6.07) is 12.9. The van der Waals surface area contributed by atoms with E-state index in [-0.39, 0.29) is 0 Å². The number of pyridine rings is 3. The predicted octanol–water partition coefficient (Wildman–Crippen LogP) is 6.92. The molecule has 0 spiro atoms. The Bertz CT molecular complexity index is 1800. The first kappa shape index (κ1) is 23.0. The lowest BCUT2D eigenvalue weighted by molar-refractivity contribution is 0.331. The van der Waals surface area contributed by atoms with Gasteiger partial charge in [0.05, 0.1) is 11.4 Å². The molecule has 7 rings (SSSR count). The summed E-state index contributed by atoms with van der Waals surface area (Å²) in [5.74, 6) is 0. The van der Waals surface area contributed by atoms with Crippen LogP contribution in [0.15, 0.2) is 67.8 Å². The molecule has 8 heteroatoms. The second-order valence-corrected chi connectivity index (χ2v) is 11.1. The maximum absolute atomic E-state index is 4.66. The molecule has 1 aliphatic rings. The first-order chi connectivity index (χ1) is 18.6. The number of thiophene rings is 1. The number of fused-ring (bicyclic) bond motifs is 2. The van der Waals surface area contributed by atoms with Gasteiger partial charge in [0.25, 0.3) is 0 Å². The topological polar surface area (TPSA) is 86.4 Å². The van der Waals surface area contributed by atoms with Crippen molar-refractivity contribution in [3.63, 3.8) is 0 Å². The van der Waals surface area contributed by atoms with E-state index < -0.39 is 0 Å². The van der Waals surface area contributed by atoms with Crippen LogP contribution in [0.1, 0.15) is 30.2 Å². The van der Waals surface area contributed by atoms with Crippen molar-refractivity contribution in [1.29, 1.82) is 0 Å². The number of allylic oxidation sites excluding steroid dienone is 1. The lowest BCUT2D eigenvalue weighted by Gasteiger charge is -2.14. The van der Waals surface area contributed by atoms with Gasteiger partial charge in [0.15, 0.2) is 5.65 Å². The van der Waals surface area contributed by atoms with Crippen LogP contribution in [0.2, 0.25) is 0 Å². The third kappa shape index (κ3) is 4.12. The van der Waals surface area contributed by atoms with Gasteiger partial charge in [0.2, 0.25) is 0 Å². The Morgan fingerprint density at radius 2 is 1.87 bits per heavy atom. The number of hydrogen-bond acceptors (Lipinski definition) is 6. The lowest BCUT2D eigenvalue weighted by atomic mass is 10.1. The third-order valence-corrected chi connectivity index (χ3v) is 8.52. The van der Waals surface area contributed by atoms with Crippen molar-refractivity contribution in [2.75, 3.05) is 13.1 Å². The summed E-state index contributed by atoms with van der Waals surface area (Å²) in [5, 5.41) is 9.72. The smallest absolute Gasteiger partial charge is 0.181 e. The molecule has 1 fully saturated rings. The van der Waals surface area contributed by atoms with Crippen LogP contribution in [0.25, 0.3) is 60.6 Å². The van der Waals surface area contributed by atoms with Gasteiger partial charge in [-0.15, -0.1) is 11.3 Å². The molecule has 1 aliphatic heterocycles. The van der Waals surface area contributed by atoms with Crippen LogP contribution in [0.5, 0.6) is 0 Å². The van der Waals surface area contributed by atoms with Gasteiger partial charge in [-0.2, -0.15) is 5.10 Å². The normalized spacial score (nSPS) is 14.1. The molecule has 6 aromatic heterocycles. The lowest BCUT2D eigenvalue weighted by Crippen LogP contribution is -2.18. The van der Waals surface area contributed by atoms with Gasteiger partial charge < -0.3 is 4.98 Å². The van der Waals surface area contributed by atoms with Crippen molar-refractivity contribution in [3.8, 4) is 33.0 Å². The summed E-state index contributed by atoms with van der Waals surface area (Å²) in [5.41, 5.74) is 8.90. The highest BCUT2D eigenvalue weighted by atomic mass is 32.1. The highest BCUT2D eigenvalue weighted by molar-refractivity contribution is 7.16. The van der Waals surface area contributed by atoms with Gasteiger partial charge in [-0.05, 0) is 80.4 Å². The summed E-state index contributed by atoms with van der Waals surface area (Å²) in [6.45, 7) is 9.40. The first-order valence-electron chi connectivity index (χ1n) is 12.9. The first-order valence-corrected chi connectivity index (χ1v) is 13.7. The number of aromatic amines is 2. The van der Waals surface area contributed by atoms with Crippen molar-refractivity contribution in [1.82, 2.24) is 35.0 Å². The summed E-state index contributed by atoms with van der Waals surface area (Å²) >= 11 is 1.75. The fourth-order valence-corrected chi connectivity index (χ4v) is 6.25. The van der Waals surface area contributed by atoms with E-state index in [9.17, 15) is 0 Å². The molecular weight excluding hydrogens is 490 g/mol. The standard InChI is InChI=1S/C30H27N7S/c1-18(2)26-5-6-27(38-26)22-7-8-32-29-23(22)13-25(34-29)28-24-12-21(16-33-30(24)36-35-28)20-11-19(14-31-15-20)17-37-9-3-4-10-37/h5-8,11-16H,1,3-4,9-10,17H2,2H3,(H,32,34)(H,33,35,36). The molecule has 7 nitrogen and oxygen atoms in total. The highest BCUT2D eigenvalue weighted by Gasteiger charge is 2.17. The molecule has 0 unspecified atom stereocenters. The minimum atomic E-state index is 0.682. The van der Waals surface area contributed by atoms with Crippen molar-refractivity contribution >= 4 is 39.0 Å². The van der Waals surface area contributed by atoms with Crippen molar-refractivity contribution in [2.45, 2.75) is 26.3 Å². The average molecular weight is 518 g/mol. The van der Waals surface area contributed by atoms with Crippen LogP contribution >= 0.6 is 11.3 Å². The molecule has 0 aromatic carbocycles. The van der Waals surface area contributed by atoms with Crippen molar-refractivity contribution in [3.05, 3.63) is 78.2 Å². The van der Waals surface area contributed by atoms with Gasteiger partial charge in [-0.1, -0.05) is 6.58 Å². The number of nitrogens with one attached hydrogen (secondary N) is 2. The van der Waals surface area contributed by atoms with E-state index in [1.807, 2.05) is 31.7 Å². The van der Waals surface area contributed by atoms with E-state index in [2.05, 4.69) is 78.0 Å². The maximum atomic E-state index is 4.66. The molecule has 0 atom stereocenters. The quantitative estimate of drug-likeness (QED) is 0.250. The molecule has 0 bridgehead atoms. The molecule has 0 amide bonds. The Hall–Kier alpha value is -4.14. The van der Waals surface area contributed by atoms with Crippen LogP contribution in [-0.2, 0) is 6.54 Å². The molecule has 0 aliphatic carbocycles. The van der Waals surface area contributed by atoms with E-state index in [0.717, 1.165) is 56.6 Å². The fraction of sp³-hybridized carbons (Fsp3) is 0.200. The molecule has 0 saturated carbocycles. The molecule has 1 saturated heterocycles. The van der Waals surface area contributed by atoms with Gasteiger partial charge >= 0.3 is 0 Å². The monoisotopic (exact) mass is 517 g/mol. The van der Waals surface area contributed by atoms with Crippen LogP contribution in [0.4, 0.5) is 0 Å². The van der Waals surface area contributed by atoms with Crippen molar-refractivity contribution < 1.29 is 0 Å². The molecule has 7 heterocycles. The van der Waals surface area contributed by atoms with Crippen LogP contribution in [0.3, 0.4) is 0 Å². The number of H-pyrrole nitrogens is 2. The van der Waals surface area contributed by atoms with E-state index in [4.69, 9.17) is 0 Å². The minimum absolute atomic E-state index is 0.682. The van der Waals surface area contributed by atoms with Crippen molar-refractivity contribution in [2.24, 2.45) is 0 Å². The SMILES string of the molecule is C=C(C)c1ccc(-c2ccnc3[nH]c(-c4[nH]nc5ncc(-c6cncc(CN7CCCC7)c6)cc45)cc23)s1. The third-order valence-electron chi connectivity index (χ3n) is 7.24. The number of nitrogens with zero attached hydrogens (tertiary/aromatic N) is 5. The van der Waals surface area contributed by atoms with E-state index in [0.29, 0.717) is 5.65 Å². The number of aromatic nitrogens is 6. The zero-order valence-electron chi connectivity index (χ0n) is 21.2. The average Bonchev–Trinajstić information content (AvgIpc) is 3.74. The Balaban J connectivity index is 1.27. The number of likely N-dealkylation sites (tertiary alicyclic amines) is 1. The number of hydrogen-bond donors (Lipinski definition) is 2. The number of rotatable bonds is 6. The Morgan fingerprint density at radius 1 is 1.00 bits per heavy atom. The second-order valence-electron chi connectivity index (χ2n) is 10.0. The summed E-state index contributed by atoms with van der Waals surface area (Å²) in [4.78, 5) is 22.2. The molecule has 2 N–H and O–H groups in total. The zero-order valence-corrected chi connectivity index (χ0v) is 22.0. The molecule has 38 heavy (non-hydrogen) atoms. The van der Waals surface area contributed by atoms with E-state index >= 15 is 0 Å². The summed E-state index contributed by atoms with van der Waals surface area (Å²) in [6.07, 6.45) is 10.2. The van der Waals surface area contributed by atoms with Crippen LogP contribution in [-0.4, -0.2) is 48.1 Å². The van der Waals surface area contributed by atoms with Gasteiger partial charge in [-0.3, -0.25) is 15.0 Å². The summed E-state index contributed by atoms with van der Waals surface area (Å²) in [7, 11) is 0. The van der Waals surface area contributed by atoms with E-state index in [1.54, 1.807) is 11.3 Å². The Kier molecular flexibility index (Phi) is 5.64. The molecular formula is C30H27N7S. The van der Waals surface area contributed by atoms with E-state index in [1.165, 1.54) is 41.2 Å². The second kappa shape index (κ2) is 9.31. The van der Waals surface area contributed by atoms with Crippen LogP contribution in [0, 0.1) is 0 Å². The largest absolute Gasteiger partial charge is 0.338 e. The Morgan fingerprint density at radius 3 is 2.71 bits per heavy atom. The predicted molar refractivity (Wildman–Crippen MR) is 155 cm³/mol. The fourth-order valence-electron chi connectivity index (χ4n) is 5.28. The molecule has 6 aromatic rings. The summed E-state index contributed by atoms with van der Waals surface area (Å²) < 4.78 is 0. The zero-order chi connectivity index (χ0) is 25.6. The van der Waals surface area contributed by atoms with Gasteiger partial charge in [0.1, 0.15) is 5.65 Å². The maximum Gasteiger partial charge on any atom is 0.181 e. The van der Waals surface area contributed by atoms with Crippen LogP contribution < -0.4 is 0 Å². The molecule has 188 valence electrons. The van der Waals surface area contributed by atoms with Gasteiger partial charge in [-0.25, -0.2) is 9.97 Å². The molecule has 0 radical (unpaired) electrons. The minimum Gasteiger partial charge on any atom is -0.338 e. The van der Waals surface area contributed by atoms with Gasteiger partial charge in [0, 0.05) is 68.5 Å². The Labute approximate surface area is 224 Å².